The summed E-state index contributed by atoms with van der Waals surface area (Å²) < 4.78 is 24.3. The van der Waals surface area contributed by atoms with E-state index in [1.807, 2.05) is 5.32 Å². The third kappa shape index (κ3) is 4.17. The Morgan fingerprint density at radius 1 is 1.21 bits per heavy atom. The molecule has 0 atom stereocenters. The number of rotatable bonds is 5. The molecule has 1 N–H and O–H groups in total. The number of nitrogens with zero attached hydrogens (tertiary/aromatic N) is 2. The molecule has 10 heteroatoms. The van der Waals surface area contributed by atoms with Gasteiger partial charge in [0.15, 0.2) is 6.61 Å². The molecule has 3 aromatic rings. The lowest BCUT2D eigenvalue weighted by Crippen LogP contribution is -2.34. The van der Waals surface area contributed by atoms with Gasteiger partial charge in [0.05, 0.1) is 18.0 Å². The van der Waals surface area contributed by atoms with Gasteiger partial charge in [-0.1, -0.05) is 0 Å². The highest BCUT2D eigenvalue weighted by atomic mass is 32.1. The lowest BCUT2D eigenvalue weighted by Gasteiger charge is -2.05. The second-order valence-electron chi connectivity index (χ2n) is 5.65. The molecule has 28 heavy (non-hydrogen) atoms. The van der Waals surface area contributed by atoms with Crippen LogP contribution in [0.1, 0.15) is 22.3 Å². The molecule has 0 aliphatic carbocycles. The Morgan fingerprint density at radius 2 is 1.93 bits per heavy atom. The summed E-state index contributed by atoms with van der Waals surface area (Å²) in [4.78, 5) is 35.9. The molecule has 0 radical (unpaired) electrons. The zero-order chi connectivity index (χ0) is 20.3. The molecule has 8 nitrogen and oxygen atoms in total. The lowest BCUT2D eigenvalue weighted by molar-refractivity contribution is -0.123. The number of ether oxygens (including phenoxy) is 2. The predicted octanol–water partition coefficient (Wildman–Crippen LogP) is 2.96. The Balaban J connectivity index is 1.74. The largest absolute Gasteiger partial charge is 0.451 e. The van der Waals surface area contributed by atoms with Crippen molar-refractivity contribution in [3.8, 4) is 5.69 Å². The molecular formula is C18H16FN3O5S. The quantitative estimate of drug-likeness (QED) is 0.655. The summed E-state index contributed by atoms with van der Waals surface area (Å²) in [5.41, 5.74) is 1.34. The zero-order valence-corrected chi connectivity index (χ0v) is 15.8. The van der Waals surface area contributed by atoms with Crippen LogP contribution in [0.5, 0.6) is 0 Å². The molecule has 0 aliphatic heterocycles. The van der Waals surface area contributed by atoms with E-state index in [-0.39, 0.29) is 17.3 Å². The highest BCUT2D eigenvalue weighted by Crippen LogP contribution is 2.30. The van der Waals surface area contributed by atoms with Gasteiger partial charge in [0.1, 0.15) is 15.5 Å². The third-order valence-corrected chi connectivity index (χ3v) is 4.76. The van der Waals surface area contributed by atoms with Crippen LogP contribution >= 0.6 is 11.3 Å². The molecule has 2 amide bonds. The maximum atomic E-state index is 13.2. The standard InChI is InChI=1S/C18H16FN3O5S/c1-3-26-18(25)20-15(23)9-27-17(24)14-8-13-10(2)21-22(16(13)28-14)12-6-4-11(19)5-7-12/h4-8H,3,9H2,1-2H3,(H,20,23,25). The van der Waals surface area contributed by atoms with E-state index in [1.54, 1.807) is 36.7 Å². The van der Waals surface area contributed by atoms with Crippen LogP contribution in [0.25, 0.3) is 15.9 Å². The number of nitrogens with one attached hydrogen (secondary N) is 1. The molecule has 0 spiro atoms. The van der Waals surface area contributed by atoms with Crippen molar-refractivity contribution < 1.29 is 28.2 Å². The number of fused-ring (bicyclic) bond motifs is 1. The molecule has 0 bridgehead atoms. The highest BCUT2D eigenvalue weighted by molar-refractivity contribution is 7.20. The predicted molar refractivity (Wildman–Crippen MR) is 99.1 cm³/mol. The summed E-state index contributed by atoms with van der Waals surface area (Å²) in [6.07, 6.45) is -0.902. The monoisotopic (exact) mass is 405 g/mol. The van der Waals surface area contributed by atoms with E-state index >= 15 is 0 Å². The molecule has 0 fully saturated rings. The molecule has 2 heterocycles. The van der Waals surface area contributed by atoms with E-state index in [1.165, 1.54) is 12.1 Å². The molecule has 0 aliphatic rings. The summed E-state index contributed by atoms with van der Waals surface area (Å²) in [6.45, 7) is 2.89. The van der Waals surface area contributed by atoms with Crippen LogP contribution in [-0.4, -0.2) is 41.0 Å². The van der Waals surface area contributed by atoms with Crippen LogP contribution in [0.3, 0.4) is 0 Å². The van der Waals surface area contributed by atoms with Crippen LogP contribution in [-0.2, 0) is 14.3 Å². The second kappa shape index (κ2) is 8.17. The van der Waals surface area contributed by atoms with E-state index in [9.17, 15) is 18.8 Å². The number of alkyl carbamates (subject to hydrolysis) is 1. The van der Waals surface area contributed by atoms with Crippen molar-refractivity contribution in [2.24, 2.45) is 0 Å². The fourth-order valence-electron chi connectivity index (χ4n) is 2.42. The number of halogens is 1. The van der Waals surface area contributed by atoms with Crippen molar-refractivity contribution in [1.29, 1.82) is 0 Å². The lowest BCUT2D eigenvalue weighted by atomic mass is 10.3. The summed E-state index contributed by atoms with van der Waals surface area (Å²) in [5.74, 6) is -1.85. The molecule has 0 unspecified atom stereocenters. The van der Waals surface area contributed by atoms with E-state index in [0.29, 0.717) is 16.2 Å². The third-order valence-electron chi connectivity index (χ3n) is 3.67. The maximum absolute atomic E-state index is 13.2. The fourth-order valence-corrected chi connectivity index (χ4v) is 3.50. The molecule has 146 valence electrons. The number of aryl methyl sites for hydroxylation is 1. The van der Waals surface area contributed by atoms with Gasteiger partial charge >= 0.3 is 12.1 Å². The van der Waals surface area contributed by atoms with Crippen molar-refractivity contribution in [3.05, 3.63) is 46.7 Å². The van der Waals surface area contributed by atoms with Crippen molar-refractivity contribution >= 4 is 39.5 Å². The smallest absolute Gasteiger partial charge is 0.413 e. The molecule has 1 aromatic carbocycles. The average Bonchev–Trinajstić information content (AvgIpc) is 3.21. The van der Waals surface area contributed by atoms with Crippen LogP contribution < -0.4 is 5.32 Å². The number of esters is 1. The minimum absolute atomic E-state index is 0.116. The normalized spacial score (nSPS) is 10.7. The van der Waals surface area contributed by atoms with Gasteiger partial charge in [0, 0.05) is 5.39 Å². The average molecular weight is 405 g/mol. The number of benzene rings is 1. The van der Waals surface area contributed by atoms with Crippen LogP contribution in [0.2, 0.25) is 0 Å². The Morgan fingerprint density at radius 3 is 2.61 bits per heavy atom. The van der Waals surface area contributed by atoms with Crippen LogP contribution in [0, 0.1) is 12.7 Å². The van der Waals surface area contributed by atoms with Gasteiger partial charge in [-0.3, -0.25) is 10.1 Å². The number of amides is 2. The first-order valence-corrected chi connectivity index (χ1v) is 9.09. The number of imide groups is 1. The number of hydrogen-bond acceptors (Lipinski definition) is 7. The second-order valence-corrected chi connectivity index (χ2v) is 6.68. The molecule has 0 saturated heterocycles. The topological polar surface area (TPSA) is 99.5 Å². The zero-order valence-electron chi connectivity index (χ0n) is 15.0. The van der Waals surface area contributed by atoms with Crippen molar-refractivity contribution in [2.45, 2.75) is 13.8 Å². The summed E-state index contributed by atoms with van der Waals surface area (Å²) in [5, 5.41) is 7.09. The van der Waals surface area contributed by atoms with E-state index in [0.717, 1.165) is 16.7 Å². The molecular weight excluding hydrogens is 389 g/mol. The van der Waals surface area contributed by atoms with Crippen LogP contribution in [0.4, 0.5) is 9.18 Å². The maximum Gasteiger partial charge on any atom is 0.413 e. The first-order valence-electron chi connectivity index (χ1n) is 8.28. The number of carbonyl (C=O) groups is 3. The first kappa shape index (κ1) is 19.5. The summed E-state index contributed by atoms with van der Waals surface area (Å²) in [6, 6.07) is 7.43. The van der Waals surface area contributed by atoms with Crippen LogP contribution in [0.15, 0.2) is 30.3 Å². The molecule has 3 rings (SSSR count). The van der Waals surface area contributed by atoms with Gasteiger partial charge in [0.25, 0.3) is 5.91 Å². The van der Waals surface area contributed by atoms with E-state index in [4.69, 9.17) is 4.74 Å². The van der Waals surface area contributed by atoms with Gasteiger partial charge in [-0.15, -0.1) is 11.3 Å². The van der Waals surface area contributed by atoms with Gasteiger partial charge in [-0.2, -0.15) is 5.10 Å². The van der Waals surface area contributed by atoms with Crippen molar-refractivity contribution in [2.75, 3.05) is 13.2 Å². The summed E-state index contributed by atoms with van der Waals surface area (Å²) in [7, 11) is 0. The number of carbonyl (C=O) groups excluding carboxylic acids is 3. The number of hydrogen-bond donors (Lipinski definition) is 1. The van der Waals surface area contributed by atoms with Gasteiger partial charge in [0.2, 0.25) is 0 Å². The minimum Gasteiger partial charge on any atom is -0.451 e. The number of thiophene rings is 1. The molecule has 0 saturated carbocycles. The first-order chi connectivity index (χ1) is 13.4. The van der Waals surface area contributed by atoms with E-state index in [2.05, 4.69) is 9.84 Å². The molecule has 2 aromatic heterocycles. The Hall–Kier alpha value is -3.27. The van der Waals surface area contributed by atoms with Gasteiger partial charge < -0.3 is 9.47 Å². The summed E-state index contributed by atoms with van der Waals surface area (Å²) >= 11 is 1.13. The SMILES string of the molecule is CCOC(=O)NC(=O)COC(=O)c1cc2c(C)nn(-c3ccc(F)cc3)c2s1. The van der Waals surface area contributed by atoms with Gasteiger partial charge in [-0.25, -0.2) is 18.7 Å². The Bertz CT molecular complexity index is 1040. The van der Waals surface area contributed by atoms with E-state index < -0.39 is 24.6 Å². The highest BCUT2D eigenvalue weighted by Gasteiger charge is 2.19. The van der Waals surface area contributed by atoms with Crippen molar-refractivity contribution in [1.82, 2.24) is 15.1 Å². The number of aromatic nitrogens is 2. The van der Waals surface area contributed by atoms with Crippen molar-refractivity contribution in [3.63, 3.8) is 0 Å². The fraction of sp³-hybridized carbons (Fsp3) is 0.222. The Labute approximate surface area is 162 Å². The Kier molecular flexibility index (Phi) is 5.69. The minimum atomic E-state index is -0.902. The van der Waals surface area contributed by atoms with Gasteiger partial charge in [-0.05, 0) is 44.2 Å².